The van der Waals surface area contributed by atoms with Crippen LogP contribution in [0.2, 0.25) is 0 Å². The van der Waals surface area contributed by atoms with Crippen molar-refractivity contribution in [1.29, 1.82) is 0 Å². The van der Waals surface area contributed by atoms with Crippen molar-refractivity contribution in [3.63, 3.8) is 0 Å². The molecule has 1 saturated heterocycles. The lowest BCUT2D eigenvalue weighted by Crippen LogP contribution is -2.33. The molecule has 2 amide bonds. The Labute approximate surface area is 119 Å². The number of likely N-dealkylation sites (tertiary alicyclic amines) is 1. The van der Waals surface area contributed by atoms with Crippen LogP contribution in [0, 0.1) is 5.92 Å². The molecule has 1 atom stereocenters. The van der Waals surface area contributed by atoms with Gasteiger partial charge in [0.25, 0.3) is 0 Å². The van der Waals surface area contributed by atoms with Crippen molar-refractivity contribution < 1.29 is 9.59 Å². The number of benzene rings is 1. The molecular weight excluding hydrogens is 254 g/mol. The Kier molecular flexibility index (Phi) is 4.74. The molecule has 0 aromatic heterocycles. The summed E-state index contributed by atoms with van der Waals surface area (Å²) in [7, 11) is 2.09. The standard InChI is InChI=1S/C15H21N3O2/c1-11(19)13-3-5-14(6-4-13)17-15(20)16-9-12-7-8-18(2)10-12/h3-6,12H,7-10H2,1-2H3,(H2,16,17,20). The predicted molar refractivity (Wildman–Crippen MR) is 79.1 cm³/mol. The van der Waals surface area contributed by atoms with Gasteiger partial charge in [-0.05, 0) is 57.1 Å². The number of Topliss-reactive ketones (excluding diaryl/α,β-unsaturated/α-hetero) is 1. The van der Waals surface area contributed by atoms with E-state index in [1.807, 2.05) is 0 Å². The number of nitrogens with one attached hydrogen (secondary N) is 2. The molecule has 2 N–H and O–H groups in total. The Bertz CT molecular complexity index is 484. The minimum absolute atomic E-state index is 0.0198. The zero-order valence-electron chi connectivity index (χ0n) is 12.0. The number of amides is 2. The fourth-order valence-corrected chi connectivity index (χ4v) is 2.39. The molecule has 1 aromatic carbocycles. The van der Waals surface area contributed by atoms with Gasteiger partial charge >= 0.3 is 6.03 Å². The summed E-state index contributed by atoms with van der Waals surface area (Å²) >= 11 is 0. The van der Waals surface area contributed by atoms with Gasteiger partial charge in [-0.2, -0.15) is 0 Å². The van der Waals surface area contributed by atoms with Crippen LogP contribution in [-0.4, -0.2) is 43.4 Å². The molecule has 1 aromatic rings. The molecule has 1 aliphatic rings. The van der Waals surface area contributed by atoms with E-state index < -0.39 is 0 Å². The van der Waals surface area contributed by atoms with E-state index in [0.29, 0.717) is 23.7 Å². The Morgan fingerprint density at radius 3 is 2.55 bits per heavy atom. The lowest BCUT2D eigenvalue weighted by molar-refractivity contribution is 0.101. The highest BCUT2D eigenvalue weighted by atomic mass is 16.2. The molecule has 20 heavy (non-hydrogen) atoms. The number of nitrogens with zero attached hydrogens (tertiary/aromatic N) is 1. The van der Waals surface area contributed by atoms with Crippen LogP contribution < -0.4 is 10.6 Å². The van der Waals surface area contributed by atoms with Gasteiger partial charge < -0.3 is 15.5 Å². The third-order valence-corrected chi connectivity index (χ3v) is 3.59. The molecule has 0 bridgehead atoms. The van der Waals surface area contributed by atoms with Crippen molar-refractivity contribution in [2.45, 2.75) is 13.3 Å². The molecule has 5 heteroatoms. The second-order valence-electron chi connectivity index (χ2n) is 5.39. The van der Waals surface area contributed by atoms with Gasteiger partial charge in [0, 0.05) is 24.3 Å². The highest BCUT2D eigenvalue weighted by Gasteiger charge is 2.19. The van der Waals surface area contributed by atoms with E-state index in [-0.39, 0.29) is 11.8 Å². The summed E-state index contributed by atoms with van der Waals surface area (Å²) in [5.74, 6) is 0.553. The molecule has 2 rings (SSSR count). The first-order valence-electron chi connectivity index (χ1n) is 6.89. The van der Waals surface area contributed by atoms with E-state index >= 15 is 0 Å². The molecule has 1 unspecified atom stereocenters. The van der Waals surface area contributed by atoms with Crippen LogP contribution in [0.1, 0.15) is 23.7 Å². The second kappa shape index (κ2) is 6.52. The van der Waals surface area contributed by atoms with Gasteiger partial charge in [0.2, 0.25) is 0 Å². The Hall–Kier alpha value is -1.88. The number of urea groups is 1. The van der Waals surface area contributed by atoms with Gasteiger partial charge in [-0.1, -0.05) is 0 Å². The summed E-state index contributed by atoms with van der Waals surface area (Å²) in [6, 6.07) is 6.70. The quantitative estimate of drug-likeness (QED) is 0.826. The van der Waals surface area contributed by atoms with Crippen molar-refractivity contribution in [1.82, 2.24) is 10.2 Å². The molecule has 1 aliphatic heterocycles. The van der Waals surface area contributed by atoms with Crippen molar-refractivity contribution >= 4 is 17.5 Å². The van der Waals surface area contributed by atoms with Crippen LogP contribution in [0.15, 0.2) is 24.3 Å². The van der Waals surface area contributed by atoms with E-state index in [9.17, 15) is 9.59 Å². The first-order chi connectivity index (χ1) is 9.54. The number of anilines is 1. The Balaban J connectivity index is 1.77. The molecule has 0 radical (unpaired) electrons. The minimum Gasteiger partial charge on any atom is -0.338 e. The topological polar surface area (TPSA) is 61.4 Å². The van der Waals surface area contributed by atoms with Crippen molar-refractivity contribution in [2.75, 3.05) is 32.0 Å². The average molecular weight is 275 g/mol. The number of ketones is 1. The molecule has 0 saturated carbocycles. The number of hydrogen-bond donors (Lipinski definition) is 2. The summed E-state index contributed by atoms with van der Waals surface area (Å²) in [6.45, 7) is 4.35. The number of rotatable bonds is 4. The minimum atomic E-state index is -0.199. The van der Waals surface area contributed by atoms with E-state index in [1.54, 1.807) is 24.3 Å². The zero-order chi connectivity index (χ0) is 14.5. The van der Waals surface area contributed by atoms with E-state index in [2.05, 4.69) is 22.6 Å². The molecule has 5 nitrogen and oxygen atoms in total. The Morgan fingerprint density at radius 1 is 1.30 bits per heavy atom. The summed E-state index contributed by atoms with van der Waals surface area (Å²) in [6.07, 6.45) is 1.13. The van der Waals surface area contributed by atoms with Crippen LogP contribution in [0.25, 0.3) is 0 Å². The fourth-order valence-electron chi connectivity index (χ4n) is 2.39. The van der Waals surface area contributed by atoms with Crippen LogP contribution in [0.3, 0.4) is 0 Å². The van der Waals surface area contributed by atoms with Gasteiger partial charge in [0.05, 0.1) is 0 Å². The second-order valence-corrected chi connectivity index (χ2v) is 5.39. The third-order valence-electron chi connectivity index (χ3n) is 3.59. The number of hydrogen-bond acceptors (Lipinski definition) is 3. The van der Waals surface area contributed by atoms with Gasteiger partial charge in [0.1, 0.15) is 0 Å². The third kappa shape index (κ3) is 4.06. The van der Waals surface area contributed by atoms with E-state index in [1.165, 1.54) is 6.92 Å². The lowest BCUT2D eigenvalue weighted by atomic mass is 10.1. The van der Waals surface area contributed by atoms with Gasteiger partial charge in [-0.3, -0.25) is 4.79 Å². The van der Waals surface area contributed by atoms with Gasteiger partial charge in [0.15, 0.2) is 5.78 Å². The van der Waals surface area contributed by atoms with Crippen LogP contribution in [-0.2, 0) is 0 Å². The van der Waals surface area contributed by atoms with Crippen molar-refractivity contribution in [3.05, 3.63) is 29.8 Å². The molecular formula is C15H21N3O2. The maximum atomic E-state index is 11.8. The first kappa shape index (κ1) is 14.5. The normalized spacial score (nSPS) is 18.8. The summed E-state index contributed by atoms with van der Waals surface area (Å²) < 4.78 is 0. The highest BCUT2D eigenvalue weighted by Crippen LogP contribution is 2.13. The molecule has 0 aliphatic carbocycles. The largest absolute Gasteiger partial charge is 0.338 e. The maximum Gasteiger partial charge on any atom is 0.319 e. The molecule has 1 fully saturated rings. The van der Waals surface area contributed by atoms with E-state index in [0.717, 1.165) is 19.5 Å². The average Bonchev–Trinajstić information content (AvgIpc) is 2.83. The zero-order valence-corrected chi connectivity index (χ0v) is 12.0. The highest BCUT2D eigenvalue weighted by molar-refractivity contribution is 5.95. The number of carbonyl (C=O) groups excluding carboxylic acids is 2. The summed E-state index contributed by atoms with van der Waals surface area (Å²) in [5.41, 5.74) is 1.33. The lowest BCUT2D eigenvalue weighted by Gasteiger charge is -2.12. The summed E-state index contributed by atoms with van der Waals surface area (Å²) in [5, 5.41) is 5.66. The van der Waals surface area contributed by atoms with Crippen molar-refractivity contribution in [2.24, 2.45) is 5.92 Å². The van der Waals surface area contributed by atoms with Crippen LogP contribution in [0.5, 0.6) is 0 Å². The smallest absolute Gasteiger partial charge is 0.319 e. The van der Waals surface area contributed by atoms with Gasteiger partial charge in [-0.15, -0.1) is 0 Å². The monoisotopic (exact) mass is 275 g/mol. The predicted octanol–water partition coefficient (Wildman–Crippen LogP) is 1.96. The van der Waals surface area contributed by atoms with Crippen molar-refractivity contribution in [3.8, 4) is 0 Å². The molecule has 0 spiro atoms. The molecule has 1 heterocycles. The van der Waals surface area contributed by atoms with Gasteiger partial charge in [-0.25, -0.2) is 4.79 Å². The fraction of sp³-hybridized carbons (Fsp3) is 0.467. The van der Waals surface area contributed by atoms with Crippen LogP contribution in [0.4, 0.5) is 10.5 Å². The van der Waals surface area contributed by atoms with E-state index in [4.69, 9.17) is 0 Å². The number of carbonyl (C=O) groups is 2. The maximum absolute atomic E-state index is 11.8. The molecule has 108 valence electrons. The Morgan fingerprint density at radius 2 is 2.00 bits per heavy atom. The summed E-state index contributed by atoms with van der Waals surface area (Å²) in [4.78, 5) is 25.2. The van der Waals surface area contributed by atoms with Crippen LogP contribution >= 0.6 is 0 Å². The first-order valence-corrected chi connectivity index (χ1v) is 6.89. The SMILES string of the molecule is CC(=O)c1ccc(NC(=O)NCC2CCN(C)C2)cc1.